The minimum atomic E-state index is -0.936. The van der Waals surface area contributed by atoms with Crippen molar-refractivity contribution in [1.29, 1.82) is 0 Å². The summed E-state index contributed by atoms with van der Waals surface area (Å²) in [7, 11) is 0. The van der Waals surface area contributed by atoms with Crippen molar-refractivity contribution in [2.45, 2.75) is 32.3 Å². The molecule has 0 heterocycles. The van der Waals surface area contributed by atoms with Crippen LogP contribution in [0.4, 0.5) is 0 Å². The molecule has 0 aliphatic heterocycles. The molecule has 0 saturated carbocycles. The average molecular weight is 184 g/mol. The molecule has 13 heavy (non-hydrogen) atoms. The Morgan fingerprint density at radius 3 is 2.69 bits per heavy atom. The summed E-state index contributed by atoms with van der Waals surface area (Å²) < 4.78 is 0. The van der Waals surface area contributed by atoms with Crippen molar-refractivity contribution in [2.75, 3.05) is 0 Å². The van der Waals surface area contributed by atoms with Crippen LogP contribution in [-0.4, -0.2) is 22.3 Å². The fraction of sp³-hybridized carbons (Fsp3) is 0.500. The summed E-state index contributed by atoms with van der Waals surface area (Å²) in [6.45, 7) is 1.76. The number of aliphatic hydroxyl groups is 1. The van der Waals surface area contributed by atoms with Crippen molar-refractivity contribution in [2.24, 2.45) is 0 Å². The fourth-order valence-electron chi connectivity index (χ4n) is 0.844. The van der Waals surface area contributed by atoms with Gasteiger partial charge in [0.15, 0.2) is 0 Å². The molecule has 0 unspecified atom stereocenters. The van der Waals surface area contributed by atoms with Crippen molar-refractivity contribution in [3.8, 4) is 0 Å². The van der Waals surface area contributed by atoms with Gasteiger partial charge in [-0.15, -0.1) is 0 Å². The van der Waals surface area contributed by atoms with E-state index >= 15 is 0 Å². The zero-order valence-corrected chi connectivity index (χ0v) is 7.81. The van der Waals surface area contributed by atoms with Crippen LogP contribution in [0.1, 0.15) is 26.2 Å². The number of carboxylic acid groups (broad SMARTS) is 1. The monoisotopic (exact) mass is 184 g/mol. The first-order chi connectivity index (χ1) is 6.13. The Morgan fingerprint density at radius 1 is 1.46 bits per heavy atom. The molecule has 0 spiro atoms. The van der Waals surface area contributed by atoms with Gasteiger partial charge < -0.3 is 10.2 Å². The Bertz CT molecular complexity index is 192. The maximum atomic E-state index is 10.0. The molecule has 3 nitrogen and oxygen atoms in total. The van der Waals surface area contributed by atoms with Crippen LogP contribution in [0, 0.1) is 0 Å². The van der Waals surface area contributed by atoms with Crippen LogP contribution in [0.25, 0.3) is 0 Å². The molecule has 0 aromatic rings. The number of carbonyl (C=O) groups is 1. The van der Waals surface area contributed by atoms with E-state index in [1.165, 1.54) is 6.08 Å². The summed E-state index contributed by atoms with van der Waals surface area (Å²) >= 11 is 0. The molecule has 0 rings (SSSR count). The van der Waals surface area contributed by atoms with Gasteiger partial charge in [0.05, 0.1) is 6.10 Å². The molecule has 0 fully saturated rings. The molecule has 0 aliphatic rings. The lowest BCUT2D eigenvalue weighted by atomic mass is 10.1. The number of unbranched alkanes of at least 4 members (excludes halogenated alkanes) is 1. The molecule has 0 aliphatic carbocycles. The first-order valence-electron chi connectivity index (χ1n) is 4.37. The van der Waals surface area contributed by atoms with Crippen LogP contribution in [0.15, 0.2) is 24.3 Å². The van der Waals surface area contributed by atoms with E-state index in [4.69, 9.17) is 10.2 Å². The van der Waals surface area contributed by atoms with Gasteiger partial charge in [0.2, 0.25) is 0 Å². The maximum absolute atomic E-state index is 10.0. The van der Waals surface area contributed by atoms with Gasteiger partial charge in [0.1, 0.15) is 0 Å². The predicted molar refractivity (Wildman–Crippen MR) is 51.4 cm³/mol. The van der Waals surface area contributed by atoms with Crippen molar-refractivity contribution in [3.63, 3.8) is 0 Å². The summed E-state index contributed by atoms with van der Waals surface area (Å²) in [6.07, 6.45) is 8.51. The standard InChI is InChI=1S/C10H16O3/c1-9(11)7-5-3-2-4-6-8-10(12)13/h2,4,6,8-9,11H,3,5,7H2,1H3,(H,12,13)/b4-2+,8-6-/t9-/m1/s1. The molecular formula is C10H16O3. The van der Waals surface area contributed by atoms with Crippen LogP contribution in [0.2, 0.25) is 0 Å². The second-order valence-electron chi connectivity index (χ2n) is 2.91. The van der Waals surface area contributed by atoms with E-state index in [1.807, 2.05) is 6.08 Å². The Morgan fingerprint density at radius 2 is 2.15 bits per heavy atom. The third-order valence-electron chi connectivity index (χ3n) is 1.48. The van der Waals surface area contributed by atoms with Crippen molar-refractivity contribution in [1.82, 2.24) is 0 Å². The minimum absolute atomic E-state index is 0.247. The number of carboxylic acids is 1. The molecule has 0 bridgehead atoms. The van der Waals surface area contributed by atoms with Gasteiger partial charge in [0, 0.05) is 6.08 Å². The van der Waals surface area contributed by atoms with Crippen LogP contribution >= 0.6 is 0 Å². The van der Waals surface area contributed by atoms with E-state index in [-0.39, 0.29) is 6.10 Å². The highest BCUT2D eigenvalue weighted by molar-refractivity contribution is 5.80. The molecule has 0 aromatic heterocycles. The van der Waals surface area contributed by atoms with Gasteiger partial charge in [-0.25, -0.2) is 4.79 Å². The lowest BCUT2D eigenvalue weighted by molar-refractivity contribution is -0.131. The number of aliphatic hydroxyl groups excluding tert-OH is 1. The van der Waals surface area contributed by atoms with Crippen molar-refractivity contribution >= 4 is 5.97 Å². The van der Waals surface area contributed by atoms with Crippen LogP contribution in [0.5, 0.6) is 0 Å². The van der Waals surface area contributed by atoms with Gasteiger partial charge >= 0.3 is 5.97 Å². The molecule has 0 saturated heterocycles. The molecular weight excluding hydrogens is 168 g/mol. The van der Waals surface area contributed by atoms with Crippen molar-refractivity contribution < 1.29 is 15.0 Å². The van der Waals surface area contributed by atoms with E-state index in [9.17, 15) is 4.79 Å². The van der Waals surface area contributed by atoms with Gasteiger partial charge in [0.25, 0.3) is 0 Å². The highest BCUT2D eigenvalue weighted by Gasteiger charge is 1.91. The lowest BCUT2D eigenvalue weighted by Crippen LogP contribution is -1.97. The molecule has 0 amide bonds. The first kappa shape index (κ1) is 11.9. The zero-order chi connectivity index (χ0) is 10.1. The summed E-state index contributed by atoms with van der Waals surface area (Å²) in [5.41, 5.74) is 0. The van der Waals surface area contributed by atoms with E-state index < -0.39 is 5.97 Å². The number of hydrogen-bond acceptors (Lipinski definition) is 2. The molecule has 1 atom stereocenters. The summed E-state index contributed by atoms with van der Waals surface area (Å²) in [5.74, 6) is -0.936. The third kappa shape index (κ3) is 10.9. The molecule has 0 radical (unpaired) electrons. The smallest absolute Gasteiger partial charge is 0.328 e. The van der Waals surface area contributed by atoms with E-state index in [0.29, 0.717) is 0 Å². The fourth-order valence-corrected chi connectivity index (χ4v) is 0.844. The van der Waals surface area contributed by atoms with Gasteiger partial charge in [-0.3, -0.25) is 0 Å². The van der Waals surface area contributed by atoms with Gasteiger partial charge in [-0.2, -0.15) is 0 Å². The second-order valence-corrected chi connectivity index (χ2v) is 2.91. The Hall–Kier alpha value is -1.09. The van der Waals surface area contributed by atoms with E-state index in [1.54, 1.807) is 13.0 Å². The number of allylic oxidation sites excluding steroid dienone is 3. The van der Waals surface area contributed by atoms with E-state index in [0.717, 1.165) is 25.3 Å². The first-order valence-corrected chi connectivity index (χ1v) is 4.37. The molecule has 0 aromatic carbocycles. The molecule has 3 heteroatoms. The highest BCUT2D eigenvalue weighted by atomic mass is 16.4. The third-order valence-corrected chi connectivity index (χ3v) is 1.48. The van der Waals surface area contributed by atoms with Crippen molar-refractivity contribution in [3.05, 3.63) is 24.3 Å². The van der Waals surface area contributed by atoms with Crippen LogP contribution in [0.3, 0.4) is 0 Å². The number of aliphatic carboxylic acids is 1. The SMILES string of the molecule is C[C@@H](O)CCC/C=C/C=C\C(=O)O. The second kappa shape index (κ2) is 7.55. The minimum Gasteiger partial charge on any atom is -0.478 e. The highest BCUT2D eigenvalue weighted by Crippen LogP contribution is 2.00. The topological polar surface area (TPSA) is 57.5 Å². The summed E-state index contributed by atoms with van der Waals surface area (Å²) in [6, 6.07) is 0. The van der Waals surface area contributed by atoms with Crippen LogP contribution in [-0.2, 0) is 4.79 Å². The lowest BCUT2D eigenvalue weighted by Gasteiger charge is -1.99. The quantitative estimate of drug-likeness (QED) is 0.375. The average Bonchev–Trinajstić information content (AvgIpc) is 2.01. The number of hydrogen-bond donors (Lipinski definition) is 2. The maximum Gasteiger partial charge on any atom is 0.328 e. The zero-order valence-electron chi connectivity index (χ0n) is 7.81. The molecule has 2 N–H and O–H groups in total. The molecule has 74 valence electrons. The van der Waals surface area contributed by atoms with Gasteiger partial charge in [-0.05, 0) is 26.2 Å². The van der Waals surface area contributed by atoms with E-state index in [2.05, 4.69) is 0 Å². The largest absolute Gasteiger partial charge is 0.478 e. The summed E-state index contributed by atoms with van der Waals surface area (Å²) in [5, 5.41) is 17.1. The Labute approximate surface area is 78.4 Å². The predicted octanol–water partition coefficient (Wildman–Crippen LogP) is 1.73. The summed E-state index contributed by atoms with van der Waals surface area (Å²) in [4.78, 5) is 10.0. The normalized spacial score (nSPS) is 14.0. The Balaban J connectivity index is 3.37. The van der Waals surface area contributed by atoms with Crippen LogP contribution < -0.4 is 0 Å². The van der Waals surface area contributed by atoms with Gasteiger partial charge in [-0.1, -0.05) is 18.2 Å². The Kier molecular flexibility index (Phi) is 6.92. The number of rotatable bonds is 6.